The van der Waals surface area contributed by atoms with Gasteiger partial charge < -0.3 is 14.9 Å². The number of halogens is 3. The van der Waals surface area contributed by atoms with Gasteiger partial charge in [0.1, 0.15) is 17.9 Å². The number of rotatable bonds is 4. The smallest absolute Gasteiger partial charge is 0.390 e. The molecule has 2 N–H and O–H groups in total. The predicted octanol–water partition coefficient (Wildman–Crippen LogP) is 3.32. The zero-order valence-electron chi connectivity index (χ0n) is 22.2. The highest BCUT2D eigenvalue weighted by molar-refractivity contribution is 6.43. The number of anilines is 1. The molecule has 1 aromatic heterocycles. The third-order valence-electron chi connectivity index (χ3n) is 7.70. The largest absolute Gasteiger partial charge is 0.417 e. The monoisotopic (exact) mass is 554 g/mol. The number of hydrazone groups is 1. The molecule has 0 bridgehead atoms. The molecular weight excluding hydrogens is 525 g/mol. The van der Waals surface area contributed by atoms with E-state index in [1.165, 1.54) is 18.5 Å². The van der Waals surface area contributed by atoms with Crippen molar-refractivity contribution in [1.29, 1.82) is 5.26 Å². The first kappa shape index (κ1) is 27.5. The molecule has 13 heteroatoms. The average Bonchev–Trinajstić information content (AvgIpc) is 3.40. The lowest BCUT2D eigenvalue weighted by Gasteiger charge is -2.37. The molecule has 0 saturated carbocycles. The van der Waals surface area contributed by atoms with Gasteiger partial charge in [0.2, 0.25) is 0 Å². The summed E-state index contributed by atoms with van der Waals surface area (Å²) in [6, 6.07) is 5.29. The topological polar surface area (TPSA) is 130 Å². The summed E-state index contributed by atoms with van der Waals surface area (Å²) in [7, 11) is 0. The van der Waals surface area contributed by atoms with Crippen LogP contribution in [-0.2, 0) is 23.9 Å². The van der Waals surface area contributed by atoms with E-state index in [4.69, 9.17) is 5.26 Å². The fourth-order valence-corrected chi connectivity index (χ4v) is 5.37. The van der Waals surface area contributed by atoms with Gasteiger partial charge in [-0.25, -0.2) is 15.0 Å². The van der Waals surface area contributed by atoms with Crippen LogP contribution >= 0.6 is 0 Å². The third kappa shape index (κ3) is 5.62. The second-order valence-electron chi connectivity index (χ2n) is 10.8. The maximum Gasteiger partial charge on any atom is 0.417 e. The Labute approximate surface area is 229 Å². The number of piperidine rings is 1. The Bertz CT molecular complexity index is 1420. The lowest BCUT2D eigenvalue weighted by atomic mass is 9.83. The van der Waals surface area contributed by atoms with E-state index in [0.717, 1.165) is 24.5 Å². The summed E-state index contributed by atoms with van der Waals surface area (Å²) in [5.74, 6) is 0.881. The van der Waals surface area contributed by atoms with Crippen LogP contribution < -0.4 is 10.3 Å². The summed E-state index contributed by atoms with van der Waals surface area (Å²) in [6.45, 7) is 5.37. The number of carbonyl (C=O) groups is 1. The molecule has 1 amide bonds. The minimum Gasteiger partial charge on any atom is -0.390 e. The van der Waals surface area contributed by atoms with E-state index >= 15 is 0 Å². The number of benzene rings is 1. The van der Waals surface area contributed by atoms with Crippen molar-refractivity contribution in [2.75, 3.05) is 24.5 Å². The van der Waals surface area contributed by atoms with Crippen molar-refractivity contribution in [1.82, 2.24) is 20.3 Å². The molecule has 1 saturated heterocycles. The summed E-state index contributed by atoms with van der Waals surface area (Å²) >= 11 is 0. The van der Waals surface area contributed by atoms with Crippen LogP contribution in [0.4, 0.5) is 24.7 Å². The second-order valence-corrected chi connectivity index (χ2v) is 10.8. The van der Waals surface area contributed by atoms with Crippen molar-refractivity contribution in [3.8, 4) is 6.07 Å². The quantitative estimate of drug-likeness (QED) is 0.593. The number of nitrogens with zero attached hydrogens (tertiary/aromatic N) is 7. The summed E-state index contributed by atoms with van der Waals surface area (Å²) in [4.78, 5) is 29.8. The van der Waals surface area contributed by atoms with Crippen molar-refractivity contribution >= 4 is 29.0 Å². The Balaban J connectivity index is 1.26. The number of nitrogens with one attached hydrogen (secondary N) is 1. The van der Waals surface area contributed by atoms with Crippen LogP contribution in [0.2, 0.25) is 0 Å². The highest BCUT2D eigenvalue weighted by atomic mass is 19.4. The molecule has 3 aliphatic heterocycles. The number of alkyl halides is 3. The molecule has 10 nitrogen and oxygen atoms in total. The van der Waals surface area contributed by atoms with Gasteiger partial charge in [-0.15, -0.1) is 0 Å². The Morgan fingerprint density at radius 2 is 1.95 bits per heavy atom. The minimum absolute atomic E-state index is 0.140. The number of hydrogen-bond donors (Lipinski definition) is 2. The van der Waals surface area contributed by atoms with Gasteiger partial charge in [0.25, 0.3) is 5.91 Å². The van der Waals surface area contributed by atoms with Gasteiger partial charge in [-0.1, -0.05) is 0 Å². The lowest BCUT2D eigenvalue weighted by Crippen LogP contribution is -2.46. The Kier molecular flexibility index (Phi) is 7.22. The minimum atomic E-state index is -4.64. The van der Waals surface area contributed by atoms with Gasteiger partial charge in [0, 0.05) is 30.9 Å². The highest BCUT2D eigenvalue weighted by Crippen LogP contribution is 2.36. The van der Waals surface area contributed by atoms with Gasteiger partial charge in [-0.05, 0) is 57.2 Å². The number of amidine groups is 1. The first-order valence-electron chi connectivity index (χ1n) is 13.0. The molecule has 0 spiro atoms. The molecule has 1 fully saturated rings. The molecule has 5 rings (SSSR count). The molecular formula is C27H29F3N8O2. The van der Waals surface area contributed by atoms with Crippen LogP contribution in [0.5, 0.6) is 0 Å². The number of aliphatic hydroxyl groups is 1. The predicted molar refractivity (Wildman–Crippen MR) is 141 cm³/mol. The van der Waals surface area contributed by atoms with Crippen molar-refractivity contribution in [2.24, 2.45) is 16.0 Å². The van der Waals surface area contributed by atoms with Gasteiger partial charge >= 0.3 is 6.18 Å². The summed E-state index contributed by atoms with van der Waals surface area (Å²) in [5.41, 5.74) is 2.80. The van der Waals surface area contributed by atoms with Crippen molar-refractivity contribution in [2.45, 2.75) is 57.9 Å². The van der Waals surface area contributed by atoms with E-state index in [1.54, 1.807) is 29.7 Å². The first-order valence-corrected chi connectivity index (χ1v) is 13.0. The van der Waals surface area contributed by atoms with Gasteiger partial charge in [-0.3, -0.25) is 10.2 Å². The zero-order valence-corrected chi connectivity index (χ0v) is 22.2. The van der Waals surface area contributed by atoms with Crippen LogP contribution in [0.1, 0.15) is 55.5 Å². The van der Waals surface area contributed by atoms with Crippen molar-refractivity contribution in [3.05, 3.63) is 46.9 Å². The van der Waals surface area contributed by atoms with Crippen LogP contribution in [0, 0.1) is 17.2 Å². The Morgan fingerprint density at radius 1 is 1.20 bits per heavy atom. The Hall–Kier alpha value is -4.05. The zero-order chi connectivity index (χ0) is 28.7. The van der Waals surface area contributed by atoms with Gasteiger partial charge in [0.15, 0.2) is 5.82 Å². The molecule has 210 valence electrons. The molecule has 3 aliphatic rings. The molecule has 2 aromatic rings. The van der Waals surface area contributed by atoms with E-state index in [-0.39, 0.29) is 24.8 Å². The third-order valence-corrected chi connectivity index (χ3v) is 7.70. The number of nitriles is 1. The summed E-state index contributed by atoms with van der Waals surface area (Å²) in [5, 5.41) is 23.5. The molecule has 40 heavy (non-hydrogen) atoms. The number of fused-ring (bicyclic) bond motifs is 1. The molecule has 4 heterocycles. The van der Waals surface area contributed by atoms with E-state index in [0.29, 0.717) is 54.8 Å². The summed E-state index contributed by atoms with van der Waals surface area (Å²) < 4.78 is 40.4. The van der Waals surface area contributed by atoms with E-state index < -0.39 is 22.9 Å². The number of carbonyl (C=O) groups excluding carboxylic acids is 1. The van der Waals surface area contributed by atoms with Gasteiger partial charge in [0.05, 0.1) is 41.5 Å². The van der Waals surface area contributed by atoms with Crippen LogP contribution in [0.25, 0.3) is 0 Å². The number of likely N-dealkylation sites (tertiary alicyclic amines) is 1. The van der Waals surface area contributed by atoms with Crippen LogP contribution in [0.3, 0.4) is 0 Å². The molecule has 0 atom stereocenters. The number of aromatic nitrogens is 2. The van der Waals surface area contributed by atoms with Crippen molar-refractivity contribution < 1.29 is 23.1 Å². The van der Waals surface area contributed by atoms with Gasteiger partial charge in [-0.2, -0.15) is 23.5 Å². The fraction of sp³-hybridized carbons (Fsp3) is 0.481. The average molecular weight is 555 g/mol. The van der Waals surface area contributed by atoms with Crippen LogP contribution in [0.15, 0.2) is 34.6 Å². The number of hydrogen-bond acceptors (Lipinski definition) is 8. The highest BCUT2D eigenvalue weighted by Gasteiger charge is 2.36. The Morgan fingerprint density at radius 3 is 2.62 bits per heavy atom. The van der Waals surface area contributed by atoms with E-state index in [9.17, 15) is 23.1 Å². The second kappa shape index (κ2) is 10.5. The van der Waals surface area contributed by atoms with Crippen LogP contribution in [-0.4, -0.2) is 62.7 Å². The van der Waals surface area contributed by atoms with Crippen molar-refractivity contribution in [3.63, 3.8) is 0 Å². The lowest BCUT2D eigenvalue weighted by molar-refractivity contribution is -0.137. The summed E-state index contributed by atoms with van der Waals surface area (Å²) in [6.07, 6.45) is -1.16. The first-order chi connectivity index (χ1) is 18.9. The molecule has 0 unspecified atom stereocenters. The normalized spacial score (nSPS) is 19.2. The number of amides is 1. The molecule has 1 aromatic carbocycles. The molecule has 0 radical (unpaired) electrons. The molecule has 0 aliphatic carbocycles. The SMILES string of the molecule is CC(C)(O)C1CCN(C(=O)C2=NNC(=Nc3ncnc4c3CCN(c3ccc(C#N)c(C(F)(F)F)c3)C4)C2)CC1. The standard InChI is InChI=1S/C27H29F3N8O2/c1-26(2,40)17-5-8-37(9-6-17)25(39)21-12-23(36-35-21)34-24-19-7-10-38(14-22(19)32-15-33-24)18-4-3-16(13-31)20(11-18)27(28,29)30/h3-4,11,15,17,40H,5-10,12,14H2,1-2H3,(H,32,33,34,36). The fourth-order valence-electron chi connectivity index (χ4n) is 5.37. The maximum absolute atomic E-state index is 13.5. The number of aliphatic imine (C=N–C) groups is 1. The van der Waals surface area contributed by atoms with E-state index in [2.05, 4.69) is 25.5 Å². The maximum atomic E-state index is 13.5. The van der Waals surface area contributed by atoms with E-state index in [1.807, 2.05) is 0 Å².